The fourth-order valence-electron chi connectivity index (χ4n) is 6.68. The predicted molar refractivity (Wildman–Crippen MR) is 114 cm³/mol. The molecule has 32 heavy (non-hydrogen) atoms. The van der Waals surface area contributed by atoms with Crippen molar-refractivity contribution in [1.29, 1.82) is 0 Å². The topological polar surface area (TPSA) is 43.4 Å². The summed E-state index contributed by atoms with van der Waals surface area (Å²) in [5.74, 6) is 1.61. The Balaban J connectivity index is 1.30. The zero-order valence-corrected chi connectivity index (χ0v) is 18.3. The third-order valence-corrected chi connectivity index (χ3v) is 7.68. The number of nitrogens with one attached hydrogen (secondary N) is 1. The Labute approximate surface area is 186 Å². The molecule has 2 unspecified atom stereocenters. The molecule has 6 rings (SSSR count). The van der Waals surface area contributed by atoms with Crippen molar-refractivity contribution in [3.63, 3.8) is 0 Å². The molecular weight excluding hydrogens is 417 g/mol. The van der Waals surface area contributed by atoms with Crippen LogP contribution in [0.25, 0.3) is 0 Å². The van der Waals surface area contributed by atoms with Crippen molar-refractivity contribution >= 4 is 0 Å². The van der Waals surface area contributed by atoms with E-state index in [0.29, 0.717) is 37.5 Å². The van der Waals surface area contributed by atoms with Gasteiger partial charge in [-0.3, -0.25) is 4.98 Å². The summed E-state index contributed by atoms with van der Waals surface area (Å²) in [6, 6.07) is 9.52. The summed E-state index contributed by atoms with van der Waals surface area (Å²) in [6.07, 6.45) is 2.82. The summed E-state index contributed by atoms with van der Waals surface area (Å²) >= 11 is 0. The average Bonchev–Trinajstić information content (AvgIpc) is 2.75. The summed E-state index contributed by atoms with van der Waals surface area (Å²) in [6.45, 7) is 0.878. The molecule has 0 saturated heterocycles. The highest BCUT2D eigenvalue weighted by Gasteiger charge is 2.67. The average molecular weight is 447 g/mol. The van der Waals surface area contributed by atoms with Crippen LogP contribution in [-0.4, -0.2) is 23.8 Å². The molecule has 4 bridgehead atoms. The van der Waals surface area contributed by atoms with Gasteiger partial charge in [0.15, 0.2) is 11.5 Å². The van der Waals surface area contributed by atoms with Crippen molar-refractivity contribution in [3.05, 3.63) is 53.9 Å². The second-order valence-electron chi connectivity index (χ2n) is 10.0. The number of pyridine rings is 1. The summed E-state index contributed by atoms with van der Waals surface area (Å²) < 4.78 is 53.5. The molecule has 4 aliphatic carbocycles. The van der Waals surface area contributed by atoms with Crippen LogP contribution in [0.15, 0.2) is 42.7 Å². The van der Waals surface area contributed by atoms with Crippen molar-refractivity contribution in [2.24, 2.45) is 17.3 Å². The van der Waals surface area contributed by atoms with Gasteiger partial charge in [-0.2, -0.15) is 13.2 Å². The number of ether oxygens (including phenoxy) is 2. The third kappa shape index (κ3) is 3.96. The highest BCUT2D eigenvalue weighted by atomic mass is 19.4. The second kappa shape index (κ2) is 7.94. The van der Waals surface area contributed by atoms with Gasteiger partial charge in [-0.15, -0.1) is 0 Å². The van der Waals surface area contributed by atoms with Gasteiger partial charge >= 0.3 is 6.18 Å². The minimum absolute atomic E-state index is 0.180. The molecule has 4 atom stereocenters. The van der Waals surface area contributed by atoms with Gasteiger partial charge in [0.05, 0.1) is 12.5 Å². The van der Waals surface area contributed by atoms with E-state index in [9.17, 15) is 13.2 Å². The lowest BCUT2D eigenvalue weighted by atomic mass is 9.46. The van der Waals surface area contributed by atoms with E-state index in [-0.39, 0.29) is 18.3 Å². The number of hydrogen-bond donors (Lipinski definition) is 1. The molecule has 4 fully saturated rings. The first-order valence-electron chi connectivity index (χ1n) is 11.3. The van der Waals surface area contributed by atoms with Gasteiger partial charge in [-0.1, -0.05) is 12.1 Å². The first-order valence-corrected chi connectivity index (χ1v) is 11.3. The van der Waals surface area contributed by atoms with Crippen molar-refractivity contribution in [2.75, 3.05) is 7.11 Å². The lowest BCUT2D eigenvalue weighted by Crippen LogP contribution is -2.65. The van der Waals surface area contributed by atoms with Crippen LogP contribution >= 0.6 is 0 Å². The monoisotopic (exact) mass is 446 g/mol. The molecule has 0 spiro atoms. The molecule has 1 heterocycles. The van der Waals surface area contributed by atoms with Crippen molar-refractivity contribution in [2.45, 2.75) is 63.4 Å². The first kappa shape index (κ1) is 21.6. The molecule has 1 N–H and O–H groups in total. The molecule has 2 aromatic rings. The molecule has 0 amide bonds. The second-order valence-corrected chi connectivity index (χ2v) is 10.0. The zero-order valence-electron chi connectivity index (χ0n) is 18.3. The summed E-state index contributed by atoms with van der Waals surface area (Å²) in [5.41, 5.74) is 0.00556. The van der Waals surface area contributed by atoms with Crippen LogP contribution in [0.5, 0.6) is 11.5 Å². The third-order valence-electron chi connectivity index (χ3n) is 7.68. The molecule has 0 aliphatic heterocycles. The van der Waals surface area contributed by atoms with Crippen LogP contribution in [0.3, 0.4) is 0 Å². The minimum Gasteiger partial charge on any atom is -0.493 e. The van der Waals surface area contributed by atoms with E-state index in [2.05, 4.69) is 10.3 Å². The van der Waals surface area contributed by atoms with Crippen LogP contribution in [-0.2, 0) is 13.2 Å². The van der Waals surface area contributed by atoms with Crippen molar-refractivity contribution < 1.29 is 22.6 Å². The molecule has 4 nitrogen and oxygen atoms in total. The summed E-state index contributed by atoms with van der Waals surface area (Å²) in [4.78, 5) is 4.10. The summed E-state index contributed by atoms with van der Waals surface area (Å²) in [5, 5.41) is 3.57. The van der Waals surface area contributed by atoms with Gasteiger partial charge in [0.2, 0.25) is 0 Å². The first-order chi connectivity index (χ1) is 15.3. The van der Waals surface area contributed by atoms with Gasteiger partial charge < -0.3 is 14.8 Å². The van der Waals surface area contributed by atoms with E-state index in [4.69, 9.17) is 9.47 Å². The van der Waals surface area contributed by atoms with E-state index < -0.39 is 17.1 Å². The number of alkyl halides is 3. The van der Waals surface area contributed by atoms with Gasteiger partial charge in [0.25, 0.3) is 0 Å². The van der Waals surface area contributed by atoms with Crippen LogP contribution in [0.1, 0.15) is 49.7 Å². The Bertz CT molecular complexity index is 949. The number of aromatic nitrogens is 1. The lowest BCUT2D eigenvalue weighted by molar-refractivity contribution is -0.278. The van der Waals surface area contributed by atoms with E-state index >= 15 is 0 Å². The molecule has 7 heteroatoms. The fourth-order valence-corrected chi connectivity index (χ4v) is 6.68. The van der Waals surface area contributed by atoms with E-state index in [1.54, 1.807) is 19.5 Å². The van der Waals surface area contributed by atoms with Crippen LogP contribution in [0.4, 0.5) is 13.2 Å². The largest absolute Gasteiger partial charge is 0.493 e. The number of hydrogen-bond acceptors (Lipinski definition) is 4. The molecule has 1 aromatic carbocycles. The number of methoxy groups -OCH3 is 1. The number of nitrogens with zero attached hydrogens (tertiary/aromatic N) is 1. The maximum atomic E-state index is 14.0. The normalized spacial score (nSPS) is 31.0. The predicted octanol–water partition coefficient (Wildman–Crippen LogP) is 5.66. The van der Waals surface area contributed by atoms with Crippen LogP contribution in [0, 0.1) is 17.3 Å². The molecule has 172 valence electrons. The Morgan fingerprint density at radius 3 is 2.50 bits per heavy atom. The molecular formula is C25H29F3N2O2. The van der Waals surface area contributed by atoms with Gasteiger partial charge in [-0.05, 0) is 74.1 Å². The Morgan fingerprint density at radius 2 is 1.84 bits per heavy atom. The summed E-state index contributed by atoms with van der Waals surface area (Å²) in [7, 11) is 1.59. The molecule has 4 aliphatic rings. The maximum Gasteiger partial charge on any atom is 0.394 e. The van der Waals surface area contributed by atoms with E-state index in [1.807, 2.05) is 30.3 Å². The SMILES string of the molecule is COc1ccc(CNC23C[C@H]4C[C@@H](C2)CC(C(F)(F)F)(C4)C3)cc1OCc1cccnc1. The van der Waals surface area contributed by atoms with Crippen molar-refractivity contribution in [1.82, 2.24) is 10.3 Å². The van der Waals surface area contributed by atoms with Crippen LogP contribution < -0.4 is 14.8 Å². The smallest absolute Gasteiger partial charge is 0.394 e. The van der Waals surface area contributed by atoms with E-state index in [1.165, 1.54) is 0 Å². The van der Waals surface area contributed by atoms with E-state index in [0.717, 1.165) is 30.4 Å². The van der Waals surface area contributed by atoms with Crippen molar-refractivity contribution in [3.8, 4) is 11.5 Å². The molecule has 4 saturated carbocycles. The highest BCUT2D eigenvalue weighted by molar-refractivity contribution is 5.43. The Hall–Kier alpha value is -2.28. The standard InChI is InChI=1S/C25H29F3N2O2/c1-31-21-5-4-17(8-22(21)32-15-18-3-2-6-29-13-18)14-30-24-11-19-7-20(12-24)10-23(9-19,16-24)25(26,27)28/h2-6,8,13,19-20,30H,7,9-12,14-16H2,1H3/t19-,20+,23?,24?. The van der Waals surface area contributed by atoms with Gasteiger partial charge in [0, 0.05) is 30.0 Å². The number of halogens is 3. The van der Waals surface area contributed by atoms with Crippen LogP contribution in [0.2, 0.25) is 0 Å². The Kier molecular flexibility index (Phi) is 5.35. The molecule has 0 radical (unpaired) electrons. The van der Waals surface area contributed by atoms with Gasteiger partial charge in [0.1, 0.15) is 6.61 Å². The molecule has 1 aromatic heterocycles. The number of benzene rings is 1. The highest BCUT2D eigenvalue weighted by Crippen LogP contribution is 2.66. The zero-order chi connectivity index (χ0) is 22.4. The quantitative estimate of drug-likeness (QED) is 0.596. The van der Waals surface area contributed by atoms with Gasteiger partial charge in [-0.25, -0.2) is 0 Å². The Morgan fingerprint density at radius 1 is 1.06 bits per heavy atom. The number of rotatable bonds is 7. The fraction of sp³-hybridized carbons (Fsp3) is 0.560. The lowest BCUT2D eigenvalue weighted by Gasteiger charge is -2.62. The maximum absolute atomic E-state index is 14.0. The minimum atomic E-state index is -4.12.